The third kappa shape index (κ3) is 6.07. The van der Waals surface area contributed by atoms with E-state index in [0.717, 1.165) is 19.3 Å². The van der Waals surface area contributed by atoms with Crippen molar-refractivity contribution in [2.45, 2.75) is 77.5 Å². The van der Waals surface area contributed by atoms with Gasteiger partial charge in [0.1, 0.15) is 5.75 Å². The monoisotopic (exact) mass is 347 g/mol. The van der Waals surface area contributed by atoms with Crippen molar-refractivity contribution in [3.05, 3.63) is 29.8 Å². The molecule has 1 fully saturated rings. The van der Waals surface area contributed by atoms with Crippen molar-refractivity contribution in [3.63, 3.8) is 0 Å². The van der Waals surface area contributed by atoms with Gasteiger partial charge in [-0.25, -0.2) is 4.79 Å². The Kier molecular flexibility index (Phi) is 7.29. The molecule has 0 radical (unpaired) electrons. The van der Waals surface area contributed by atoms with Gasteiger partial charge in [-0.05, 0) is 57.4 Å². The second kappa shape index (κ2) is 9.44. The molecule has 0 spiro atoms. The quantitative estimate of drug-likeness (QED) is 0.761. The Morgan fingerprint density at radius 2 is 1.76 bits per heavy atom. The van der Waals surface area contributed by atoms with Crippen LogP contribution < -0.4 is 10.1 Å². The number of amides is 1. The van der Waals surface area contributed by atoms with Crippen LogP contribution in [0.15, 0.2) is 24.3 Å². The van der Waals surface area contributed by atoms with Crippen LogP contribution in [0.4, 0.5) is 0 Å². The summed E-state index contributed by atoms with van der Waals surface area (Å²) in [6, 6.07) is 7.15. The van der Waals surface area contributed by atoms with Crippen LogP contribution in [0, 0.1) is 0 Å². The topological polar surface area (TPSA) is 64.6 Å². The third-order valence-corrected chi connectivity index (χ3v) is 4.59. The van der Waals surface area contributed by atoms with Gasteiger partial charge < -0.3 is 14.8 Å². The van der Waals surface area contributed by atoms with Crippen LogP contribution >= 0.6 is 0 Å². The number of benzene rings is 1. The second-order valence-corrected chi connectivity index (χ2v) is 6.75. The molecule has 1 amide bonds. The largest absolute Gasteiger partial charge is 0.479 e. The van der Waals surface area contributed by atoms with Gasteiger partial charge in [-0.2, -0.15) is 0 Å². The van der Waals surface area contributed by atoms with Gasteiger partial charge in [0, 0.05) is 11.6 Å². The first-order valence-electron chi connectivity index (χ1n) is 9.27. The molecule has 5 heteroatoms. The fourth-order valence-electron chi connectivity index (χ4n) is 2.83. The summed E-state index contributed by atoms with van der Waals surface area (Å²) in [5.74, 6) is 0.110. The first-order valence-corrected chi connectivity index (χ1v) is 9.27. The molecule has 0 saturated heterocycles. The predicted molar refractivity (Wildman–Crippen MR) is 96.7 cm³/mol. The lowest BCUT2D eigenvalue weighted by Gasteiger charge is -2.22. The minimum atomic E-state index is -0.684. The van der Waals surface area contributed by atoms with E-state index in [-0.39, 0.29) is 24.0 Å². The summed E-state index contributed by atoms with van der Waals surface area (Å²) in [6.45, 7) is 5.47. The Bertz CT molecular complexity index is 564. The van der Waals surface area contributed by atoms with Gasteiger partial charge in [0.05, 0.1) is 6.10 Å². The van der Waals surface area contributed by atoms with E-state index in [1.54, 1.807) is 31.2 Å². The van der Waals surface area contributed by atoms with Crippen LogP contribution in [-0.2, 0) is 9.53 Å². The fraction of sp³-hybridized carbons (Fsp3) is 0.600. The van der Waals surface area contributed by atoms with Crippen LogP contribution in [0.2, 0.25) is 0 Å². The number of esters is 1. The molecule has 1 aromatic carbocycles. The van der Waals surface area contributed by atoms with Crippen molar-refractivity contribution in [2.75, 3.05) is 0 Å². The summed E-state index contributed by atoms with van der Waals surface area (Å²) in [7, 11) is 0. The maximum Gasteiger partial charge on any atom is 0.347 e. The predicted octanol–water partition coefficient (Wildman–Crippen LogP) is 3.86. The molecular weight excluding hydrogens is 318 g/mol. The van der Waals surface area contributed by atoms with Gasteiger partial charge in [-0.1, -0.05) is 26.2 Å². The number of carbonyl (C=O) groups excluding carboxylic acids is 2. The van der Waals surface area contributed by atoms with E-state index in [1.165, 1.54) is 19.3 Å². The highest BCUT2D eigenvalue weighted by Crippen LogP contribution is 2.19. The molecule has 0 unspecified atom stereocenters. The Hall–Kier alpha value is -2.04. The summed E-state index contributed by atoms with van der Waals surface area (Å²) >= 11 is 0. The lowest BCUT2D eigenvalue weighted by atomic mass is 9.95. The summed E-state index contributed by atoms with van der Waals surface area (Å²) < 4.78 is 10.9. The molecule has 0 aliphatic heterocycles. The molecule has 1 N–H and O–H groups in total. The Balaban J connectivity index is 1.86. The van der Waals surface area contributed by atoms with E-state index >= 15 is 0 Å². The van der Waals surface area contributed by atoms with Crippen molar-refractivity contribution in [3.8, 4) is 5.75 Å². The average Bonchev–Trinajstić information content (AvgIpc) is 2.62. The van der Waals surface area contributed by atoms with Gasteiger partial charge in [0.2, 0.25) is 0 Å². The fourth-order valence-corrected chi connectivity index (χ4v) is 2.83. The zero-order chi connectivity index (χ0) is 18.2. The van der Waals surface area contributed by atoms with Gasteiger partial charge in [-0.3, -0.25) is 4.79 Å². The van der Waals surface area contributed by atoms with Crippen molar-refractivity contribution in [1.29, 1.82) is 0 Å². The van der Waals surface area contributed by atoms with E-state index in [2.05, 4.69) is 5.32 Å². The molecule has 2 atom stereocenters. The summed E-state index contributed by atoms with van der Waals surface area (Å²) in [4.78, 5) is 24.2. The Labute approximate surface area is 150 Å². The highest BCUT2D eigenvalue weighted by molar-refractivity contribution is 5.94. The Morgan fingerprint density at radius 3 is 2.36 bits per heavy atom. The van der Waals surface area contributed by atoms with E-state index in [1.807, 2.05) is 13.8 Å². The van der Waals surface area contributed by atoms with E-state index in [0.29, 0.717) is 11.3 Å². The third-order valence-electron chi connectivity index (χ3n) is 4.59. The number of nitrogens with one attached hydrogen (secondary N) is 1. The smallest absolute Gasteiger partial charge is 0.347 e. The minimum Gasteiger partial charge on any atom is -0.479 e. The summed E-state index contributed by atoms with van der Waals surface area (Å²) in [5.41, 5.74) is 0.604. The first-order chi connectivity index (χ1) is 12.0. The Morgan fingerprint density at radius 1 is 1.12 bits per heavy atom. The molecule has 2 rings (SSSR count). The average molecular weight is 347 g/mol. The molecule has 1 saturated carbocycles. The minimum absolute atomic E-state index is 0.0531. The van der Waals surface area contributed by atoms with Gasteiger partial charge >= 0.3 is 5.97 Å². The summed E-state index contributed by atoms with van der Waals surface area (Å²) in [5, 5.41) is 3.09. The molecule has 5 nitrogen and oxygen atoms in total. The van der Waals surface area contributed by atoms with Crippen LogP contribution in [0.3, 0.4) is 0 Å². The van der Waals surface area contributed by atoms with Crippen molar-refractivity contribution in [2.24, 2.45) is 0 Å². The molecular formula is C20H29NO4. The molecule has 138 valence electrons. The molecule has 25 heavy (non-hydrogen) atoms. The van der Waals surface area contributed by atoms with Crippen molar-refractivity contribution < 1.29 is 19.1 Å². The molecule has 0 heterocycles. The lowest BCUT2D eigenvalue weighted by molar-refractivity contribution is -0.155. The van der Waals surface area contributed by atoms with Crippen LogP contribution in [0.5, 0.6) is 5.75 Å². The van der Waals surface area contributed by atoms with Crippen LogP contribution in [0.1, 0.15) is 69.7 Å². The highest BCUT2D eigenvalue weighted by atomic mass is 16.6. The van der Waals surface area contributed by atoms with Crippen molar-refractivity contribution in [1.82, 2.24) is 5.32 Å². The second-order valence-electron chi connectivity index (χ2n) is 6.75. The van der Waals surface area contributed by atoms with E-state index < -0.39 is 6.10 Å². The normalized spacial score (nSPS) is 17.4. The highest BCUT2D eigenvalue weighted by Gasteiger charge is 2.19. The standard InChI is InChI=1S/C20H29NO4/c1-4-14(2)24-20(23)15(3)25-18-12-10-16(11-13-18)19(22)21-17-8-6-5-7-9-17/h10-15,17H,4-9H2,1-3H3,(H,21,22)/t14-,15-/m1/s1. The van der Waals surface area contributed by atoms with Gasteiger partial charge in [0.15, 0.2) is 6.10 Å². The zero-order valence-corrected chi connectivity index (χ0v) is 15.4. The van der Waals surface area contributed by atoms with Crippen LogP contribution in [0.25, 0.3) is 0 Å². The number of hydrogen-bond acceptors (Lipinski definition) is 4. The molecule has 1 aliphatic rings. The van der Waals surface area contributed by atoms with Gasteiger partial charge in [-0.15, -0.1) is 0 Å². The molecule has 1 aliphatic carbocycles. The first kappa shape index (κ1) is 19.3. The molecule has 1 aromatic rings. The van der Waals surface area contributed by atoms with E-state index in [9.17, 15) is 9.59 Å². The van der Waals surface area contributed by atoms with Gasteiger partial charge in [0.25, 0.3) is 5.91 Å². The van der Waals surface area contributed by atoms with Crippen molar-refractivity contribution >= 4 is 11.9 Å². The summed E-state index contributed by atoms with van der Waals surface area (Å²) in [6.07, 6.45) is 5.70. The number of ether oxygens (including phenoxy) is 2. The van der Waals surface area contributed by atoms with Crippen LogP contribution in [-0.4, -0.2) is 30.1 Å². The molecule has 0 aromatic heterocycles. The number of carbonyl (C=O) groups is 2. The maximum atomic E-state index is 12.3. The SMILES string of the molecule is CC[C@@H](C)OC(=O)[C@@H](C)Oc1ccc(C(=O)NC2CCCCC2)cc1. The number of hydrogen-bond donors (Lipinski definition) is 1. The lowest BCUT2D eigenvalue weighted by Crippen LogP contribution is -2.36. The zero-order valence-electron chi connectivity index (χ0n) is 15.4. The molecule has 0 bridgehead atoms. The van der Waals surface area contributed by atoms with E-state index in [4.69, 9.17) is 9.47 Å². The number of rotatable bonds is 7. The maximum absolute atomic E-state index is 12.3.